The lowest BCUT2D eigenvalue weighted by Gasteiger charge is -2.19. The van der Waals surface area contributed by atoms with Gasteiger partial charge in [0.15, 0.2) is 0 Å². The molecule has 1 aliphatic heterocycles. The van der Waals surface area contributed by atoms with Gasteiger partial charge in [0.1, 0.15) is 5.82 Å². The number of imide groups is 1. The highest BCUT2D eigenvalue weighted by Gasteiger charge is 2.26. The van der Waals surface area contributed by atoms with Gasteiger partial charge in [0.2, 0.25) is 11.8 Å². The molecule has 0 aromatic heterocycles. The fourth-order valence-corrected chi connectivity index (χ4v) is 2.10. The zero-order valence-electron chi connectivity index (χ0n) is 11.0. The molecule has 1 aliphatic rings. The molecule has 0 unspecified atom stereocenters. The average molecular weight is 274 g/mol. The van der Waals surface area contributed by atoms with Gasteiger partial charge < -0.3 is 5.73 Å². The monoisotopic (exact) mass is 274 g/mol. The summed E-state index contributed by atoms with van der Waals surface area (Å²) in [6, 6.07) is 4.05. The quantitative estimate of drug-likeness (QED) is 0.624. The van der Waals surface area contributed by atoms with E-state index in [9.17, 15) is 14.0 Å². The highest BCUT2D eigenvalue weighted by atomic mass is 19.1. The van der Waals surface area contributed by atoms with Crippen LogP contribution >= 0.6 is 0 Å². The predicted octanol–water partition coefficient (Wildman–Crippen LogP) is 1.57. The number of halogens is 1. The summed E-state index contributed by atoms with van der Waals surface area (Å²) in [5, 5.41) is 0. The number of nitrogens with two attached hydrogens (primary N) is 1. The lowest BCUT2D eigenvalue weighted by atomic mass is 10.1. The summed E-state index contributed by atoms with van der Waals surface area (Å²) in [5.74, 6) is 4.16. The SMILES string of the molecule is NCC#Cc1cc(N2C(=O)CCCCC2=O)ccc1F. The van der Waals surface area contributed by atoms with Gasteiger partial charge in [-0.05, 0) is 31.0 Å². The molecule has 1 aromatic rings. The van der Waals surface area contributed by atoms with Gasteiger partial charge in [-0.25, -0.2) is 4.39 Å². The van der Waals surface area contributed by atoms with Crippen molar-refractivity contribution in [1.29, 1.82) is 0 Å². The number of hydrogen-bond donors (Lipinski definition) is 1. The fraction of sp³-hybridized carbons (Fsp3) is 0.333. The summed E-state index contributed by atoms with van der Waals surface area (Å²) in [4.78, 5) is 25.1. The zero-order chi connectivity index (χ0) is 14.5. The normalized spacial score (nSPS) is 15.6. The molecule has 0 aliphatic carbocycles. The Morgan fingerprint density at radius 2 is 1.85 bits per heavy atom. The topological polar surface area (TPSA) is 63.4 Å². The number of carbonyl (C=O) groups is 2. The van der Waals surface area contributed by atoms with Crippen LogP contribution in [0.2, 0.25) is 0 Å². The van der Waals surface area contributed by atoms with Crippen LogP contribution in [0.4, 0.5) is 10.1 Å². The number of carbonyl (C=O) groups excluding carboxylic acids is 2. The molecule has 2 N–H and O–H groups in total. The van der Waals surface area contributed by atoms with E-state index in [0.717, 1.165) is 4.90 Å². The number of benzene rings is 1. The summed E-state index contributed by atoms with van der Waals surface area (Å²) in [6.45, 7) is 0.116. The first-order valence-electron chi connectivity index (χ1n) is 6.47. The molecule has 2 rings (SSSR count). The van der Waals surface area contributed by atoms with Crippen LogP contribution in [-0.2, 0) is 9.59 Å². The number of hydrogen-bond acceptors (Lipinski definition) is 3. The predicted molar refractivity (Wildman–Crippen MR) is 73.3 cm³/mol. The van der Waals surface area contributed by atoms with E-state index < -0.39 is 5.82 Å². The summed E-state index contributed by atoms with van der Waals surface area (Å²) in [7, 11) is 0. The van der Waals surface area contributed by atoms with Crippen molar-refractivity contribution in [2.24, 2.45) is 5.73 Å². The van der Waals surface area contributed by atoms with E-state index in [0.29, 0.717) is 31.4 Å². The Balaban J connectivity index is 2.40. The molecule has 104 valence electrons. The van der Waals surface area contributed by atoms with E-state index in [-0.39, 0.29) is 23.9 Å². The molecule has 1 fully saturated rings. The third kappa shape index (κ3) is 3.03. The maximum absolute atomic E-state index is 13.6. The van der Waals surface area contributed by atoms with Crippen molar-refractivity contribution >= 4 is 17.5 Å². The second-order valence-corrected chi connectivity index (χ2v) is 4.50. The van der Waals surface area contributed by atoms with E-state index in [1.165, 1.54) is 18.2 Å². The summed E-state index contributed by atoms with van der Waals surface area (Å²) >= 11 is 0. The van der Waals surface area contributed by atoms with E-state index in [1.54, 1.807) is 0 Å². The van der Waals surface area contributed by atoms with Gasteiger partial charge in [0, 0.05) is 12.8 Å². The first kappa shape index (κ1) is 14.2. The second kappa shape index (κ2) is 6.31. The first-order chi connectivity index (χ1) is 9.63. The number of nitrogens with zero attached hydrogens (tertiary/aromatic N) is 1. The Bertz CT molecular complexity index is 584. The van der Waals surface area contributed by atoms with Crippen molar-refractivity contribution in [3.05, 3.63) is 29.6 Å². The Hall–Kier alpha value is -2.19. The maximum atomic E-state index is 13.6. The average Bonchev–Trinajstić information content (AvgIpc) is 2.59. The number of amides is 2. The molecular formula is C15H15FN2O2. The van der Waals surface area contributed by atoms with Gasteiger partial charge in [-0.15, -0.1) is 0 Å². The van der Waals surface area contributed by atoms with Crippen LogP contribution in [0, 0.1) is 17.7 Å². The molecule has 0 saturated carbocycles. The van der Waals surface area contributed by atoms with Crippen LogP contribution in [0.15, 0.2) is 18.2 Å². The minimum absolute atomic E-state index is 0.116. The molecule has 2 amide bonds. The minimum Gasteiger partial charge on any atom is -0.320 e. The molecule has 1 aromatic carbocycles. The van der Waals surface area contributed by atoms with Crippen molar-refractivity contribution < 1.29 is 14.0 Å². The highest BCUT2D eigenvalue weighted by Crippen LogP contribution is 2.23. The van der Waals surface area contributed by atoms with Crippen molar-refractivity contribution in [2.75, 3.05) is 11.4 Å². The van der Waals surface area contributed by atoms with E-state index in [2.05, 4.69) is 11.8 Å². The second-order valence-electron chi connectivity index (χ2n) is 4.50. The molecule has 1 heterocycles. The molecule has 4 nitrogen and oxygen atoms in total. The Labute approximate surface area is 116 Å². The summed E-state index contributed by atoms with van der Waals surface area (Å²) in [6.07, 6.45) is 2.05. The maximum Gasteiger partial charge on any atom is 0.233 e. The lowest BCUT2D eigenvalue weighted by molar-refractivity contribution is -0.125. The lowest BCUT2D eigenvalue weighted by Crippen LogP contribution is -2.35. The van der Waals surface area contributed by atoms with Crippen LogP contribution in [0.25, 0.3) is 0 Å². The van der Waals surface area contributed by atoms with Crippen LogP contribution in [0.5, 0.6) is 0 Å². The van der Waals surface area contributed by atoms with Gasteiger partial charge in [0.05, 0.1) is 17.8 Å². The standard InChI is InChI=1S/C15H15FN2O2/c16-13-8-7-12(10-11(13)4-3-9-17)18-14(19)5-1-2-6-15(18)20/h7-8,10H,1-2,5-6,9,17H2. The van der Waals surface area contributed by atoms with Gasteiger partial charge in [-0.1, -0.05) is 11.8 Å². The van der Waals surface area contributed by atoms with Crippen LogP contribution in [0.1, 0.15) is 31.2 Å². The van der Waals surface area contributed by atoms with E-state index >= 15 is 0 Å². The summed E-state index contributed by atoms with van der Waals surface area (Å²) in [5.41, 5.74) is 5.76. The Morgan fingerprint density at radius 3 is 2.45 bits per heavy atom. The Morgan fingerprint density at radius 1 is 1.20 bits per heavy atom. The van der Waals surface area contributed by atoms with Gasteiger partial charge in [-0.3, -0.25) is 14.5 Å². The molecule has 5 heteroatoms. The van der Waals surface area contributed by atoms with Crippen molar-refractivity contribution in [3.63, 3.8) is 0 Å². The zero-order valence-corrected chi connectivity index (χ0v) is 11.0. The van der Waals surface area contributed by atoms with Crippen LogP contribution in [-0.4, -0.2) is 18.4 Å². The molecule has 1 saturated heterocycles. The van der Waals surface area contributed by atoms with E-state index in [4.69, 9.17) is 5.73 Å². The molecule has 0 radical (unpaired) electrons. The number of rotatable bonds is 1. The fourth-order valence-electron chi connectivity index (χ4n) is 2.10. The van der Waals surface area contributed by atoms with Crippen molar-refractivity contribution in [2.45, 2.75) is 25.7 Å². The van der Waals surface area contributed by atoms with Gasteiger partial charge >= 0.3 is 0 Å². The highest BCUT2D eigenvalue weighted by molar-refractivity contribution is 6.15. The number of anilines is 1. The van der Waals surface area contributed by atoms with Gasteiger partial charge in [-0.2, -0.15) is 0 Å². The first-order valence-corrected chi connectivity index (χ1v) is 6.47. The molecule has 0 atom stereocenters. The van der Waals surface area contributed by atoms with Crippen molar-refractivity contribution in [1.82, 2.24) is 0 Å². The van der Waals surface area contributed by atoms with Crippen LogP contribution in [0.3, 0.4) is 0 Å². The largest absolute Gasteiger partial charge is 0.320 e. The Kier molecular flexibility index (Phi) is 4.49. The molecule has 20 heavy (non-hydrogen) atoms. The third-order valence-corrected chi connectivity index (χ3v) is 3.06. The van der Waals surface area contributed by atoms with E-state index in [1.807, 2.05) is 0 Å². The van der Waals surface area contributed by atoms with Crippen molar-refractivity contribution in [3.8, 4) is 11.8 Å². The van der Waals surface area contributed by atoms with Crippen LogP contribution < -0.4 is 10.6 Å². The minimum atomic E-state index is -0.496. The van der Waals surface area contributed by atoms with Gasteiger partial charge in [0.25, 0.3) is 0 Å². The summed E-state index contributed by atoms with van der Waals surface area (Å²) < 4.78 is 13.6. The smallest absolute Gasteiger partial charge is 0.233 e. The molecule has 0 bridgehead atoms. The third-order valence-electron chi connectivity index (χ3n) is 3.06. The molecule has 0 spiro atoms. The molecular weight excluding hydrogens is 259 g/mol.